The van der Waals surface area contributed by atoms with Crippen molar-refractivity contribution >= 4 is 21.6 Å². The first kappa shape index (κ1) is 41.7. The second-order valence-corrected chi connectivity index (χ2v) is 17.0. The number of nitrogens with one attached hydrogen (secondary N) is 2. The van der Waals surface area contributed by atoms with Gasteiger partial charge < -0.3 is 19.9 Å². The summed E-state index contributed by atoms with van der Waals surface area (Å²) >= 11 is 0. The Labute approximate surface area is 347 Å². The lowest BCUT2D eigenvalue weighted by atomic mass is 9.89. The molecule has 304 valence electrons. The van der Waals surface area contributed by atoms with E-state index in [1.54, 1.807) is 24.3 Å². The van der Waals surface area contributed by atoms with Crippen LogP contribution in [-0.4, -0.2) is 43.0 Å². The number of sulfonamides is 1. The van der Waals surface area contributed by atoms with Crippen LogP contribution in [0.4, 0.5) is 5.69 Å². The molecule has 3 N–H and O–H groups in total. The molecule has 7 rings (SSSR count). The van der Waals surface area contributed by atoms with Crippen LogP contribution in [0.3, 0.4) is 0 Å². The van der Waals surface area contributed by atoms with Crippen LogP contribution < -0.4 is 10.0 Å². The van der Waals surface area contributed by atoms with E-state index in [0.29, 0.717) is 12.2 Å². The number of aliphatic hydroxyl groups excluding tert-OH is 1. The lowest BCUT2D eigenvalue weighted by molar-refractivity contribution is -0.276. The molecule has 1 fully saturated rings. The summed E-state index contributed by atoms with van der Waals surface area (Å²) in [4.78, 5) is 16.4. The maximum Gasteiger partial charge on any atom is 0.242 e. The van der Waals surface area contributed by atoms with E-state index in [1.807, 2.05) is 85.8 Å². The van der Waals surface area contributed by atoms with Gasteiger partial charge in [-0.15, -0.1) is 0 Å². The number of carbonyl (C=O) groups is 1. The Morgan fingerprint density at radius 3 is 1.78 bits per heavy atom. The summed E-state index contributed by atoms with van der Waals surface area (Å²) in [5.41, 5.74) is 7.26. The van der Waals surface area contributed by atoms with Crippen LogP contribution in [0.5, 0.6) is 0 Å². The minimum Gasteiger partial charge on any atom is -0.392 e. The molecule has 0 radical (unpaired) electrons. The number of ether oxygens (including phenoxy) is 2. The van der Waals surface area contributed by atoms with Gasteiger partial charge in [0.1, 0.15) is 6.04 Å². The van der Waals surface area contributed by atoms with Gasteiger partial charge >= 0.3 is 0 Å². The van der Waals surface area contributed by atoms with Crippen molar-refractivity contribution in [1.29, 1.82) is 0 Å². The minimum absolute atomic E-state index is 0.0240. The molecule has 6 aromatic carbocycles. The fourth-order valence-corrected chi connectivity index (χ4v) is 8.61. The van der Waals surface area contributed by atoms with Crippen LogP contribution in [0.2, 0.25) is 0 Å². The van der Waals surface area contributed by atoms with Gasteiger partial charge in [0.2, 0.25) is 15.9 Å². The number of carbonyl (C=O) groups excluding carboxylic acids is 1. The van der Waals surface area contributed by atoms with Crippen LogP contribution in [0, 0.1) is 12.8 Å². The molecule has 1 aliphatic rings. The quantitative estimate of drug-likeness (QED) is 0.0898. The number of aryl methyl sites for hydroxylation is 1. The molecule has 0 unspecified atom stereocenters. The zero-order valence-electron chi connectivity index (χ0n) is 33.4. The zero-order valence-corrected chi connectivity index (χ0v) is 34.2. The number of benzene rings is 6. The van der Waals surface area contributed by atoms with E-state index in [9.17, 15) is 18.3 Å². The first-order valence-electron chi connectivity index (χ1n) is 20.0. The molecule has 59 heavy (non-hydrogen) atoms. The molecule has 9 nitrogen and oxygen atoms in total. The molecule has 10 heteroatoms. The molecular weight excluding hydrogens is 759 g/mol. The van der Waals surface area contributed by atoms with Crippen molar-refractivity contribution in [2.24, 2.45) is 5.92 Å². The van der Waals surface area contributed by atoms with Gasteiger partial charge in [0.05, 0.1) is 23.7 Å². The van der Waals surface area contributed by atoms with E-state index in [2.05, 4.69) is 70.4 Å². The Hall–Kier alpha value is -5.46. The largest absolute Gasteiger partial charge is 0.392 e. The molecule has 0 aromatic heterocycles. The van der Waals surface area contributed by atoms with E-state index in [1.165, 1.54) is 23.3 Å². The Balaban J connectivity index is 1.12. The van der Waals surface area contributed by atoms with Crippen LogP contribution in [-0.2, 0) is 50.4 Å². The highest BCUT2D eigenvalue weighted by atomic mass is 32.2. The van der Waals surface area contributed by atoms with Crippen molar-refractivity contribution in [3.8, 4) is 0 Å². The van der Waals surface area contributed by atoms with Gasteiger partial charge in [0.25, 0.3) is 0 Å². The van der Waals surface area contributed by atoms with E-state index in [0.717, 1.165) is 40.9 Å². The molecule has 0 spiro atoms. The molecule has 1 aliphatic heterocycles. The number of hydrogen-bond acceptors (Lipinski definition) is 7. The number of hydrogen-bond donors (Lipinski definition) is 3. The highest BCUT2D eigenvalue weighted by Gasteiger charge is 2.39. The predicted octanol–water partition coefficient (Wildman–Crippen LogP) is 8.51. The maximum absolute atomic E-state index is 13.8. The second kappa shape index (κ2) is 19.5. The minimum atomic E-state index is -4.00. The summed E-state index contributed by atoms with van der Waals surface area (Å²) in [5, 5.41) is 12.7. The third-order valence-corrected chi connectivity index (χ3v) is 12.2. The normalized spacial score (nSPS) is 18.6. The molecule has 1 saturated heterocycles. The van der Waals surface area contributed by atoms with Gasteiger partial charge in [-0.3, -0.25) is 9.69 Å². The van der Waals surface area contributed by atoms with E-state index >= 15 is 0 Å². The summed E-state index contributed by atoms with van der Waals surface area (Å²) in [6.45, 7) is 6.13. The fraction of sp³-hybridized carbons (Fsp3) is 0.245. The summed E-state index contributed by atoms with van der Waals surface area (Å²) in [5.74, 6) is -0.510. The summed E-state index contributed by atoms with van der Waals surface area (Å²) in [6.07, 6.45) is -1.08. The maximum atomic E-state index is 13.8. The molecule has 1 heterocycles. The average molecular weight is 810 g/mol. The van der Waals surface area contributed by atoms with Crippen LogP contribution in [0.1, 0.15) is 58.3 Å². The third kappa shape index (κ3) is 11.2. The standard InChI is InChI=1S/C49H51N3O6S/c1-35-18-28-44(29-19-35)59(55,56)51-45(30-37-12-6-3-7-13-37)48(54)50-43-26-24-42(25-27-43)49-57-46(36(2)47(58-49)41-22-20-40(34-53)21-23-41)33-52(31-38-14-8-4-9-15-38)32-39-16-10-5-11-17-39/h3-29,36,45-47,49,51,53H,30-34H2,1-2H3,(H,50,54)/t36-,45+,46+,47+,49+/m0/s1. The highest BCUT2D eigenvalue weighted by Crippen LogP contribution is 2.42. The van der Waals surface area contributed by atoms with Crippen molar-refractivity contribution in [3.05, 3.63) is 203 Å². The number of anilines is 1. The molecular formula is C49H51N3O6S. The van der Waals surface area contributed by atoms with Crippen molar-refractivity contribution < 1.29 is 27.8 Å². The highest BCUT2D eigenvalue weighted by molar-refractivity contribution is 7.89. The van der Waals surface area contributed by atoms with Crippen LogP contribution in [0.25, 0.3) is 0 Å². The molecule has 6 aromatic rings. The summed E-state index contributed by atoms with van der Waals surface area (Å²) in [6, 6.07) is 50.8. The molecule has 0 bridgehead atoms. The average Bonchev–Trinajstić information content (AvgIpc) is 3.25. The Bertz CT molecular complexity index is 2300. The Morgan fingerprint density at radius 2 is 1.22 bits per heavy atom. The van der Waals surface area contributed by atoms with Gasteiger partial charge in [0, 0.05) is 36.8 Å². The van der Waals surface area contributed by atoms with Gasteiger partial charge in [-0.1, -0.05) is 152 Å². The van der Waals surface area contributed by atoms with Crippen molar-refractivity contribution in [2.45, 2.75) is 69.4 Å². The van der Waals surface area contributed by atoms with E-state index < -0.39 is 28.3 Å². The van der Waals surface area contributed by atoms with Crippen molar-refractivity contribution in [1.82, 2.24) is 9.62 Å². The van der Waals surface area contributed by atoms with Crippen LogP contribution in [0.15, 0.2) is 169 Å². The number of aliphatic hydroxyl groups is 1. The summed E-state index contributed by atoms with van der Waals surface area (Å²) < 4.78 is 43.1. The van der Waals surface area contributed by atoms with Crippen LogP contribution >= 0.6 is 0 Å². The van der Waals surface area contributed by atoms with Gasteiger partial charge in [0.15, 0.2) is 6.29 Å². The number of amides is 1. The van der Waals surface area contributed by atoms with Gasteiger partial charge in [-0.05, 0) is 65.4 Å². The van der Waals surface area contributed by atoms with E-state index in [-0.39, 0.29) is 36.0 Å². The molecule has 5 atom stereocenters. The van der Waals surface area contributed by atoms with Gasteiger partial charge in [-0.2, -0.15) is 4.72 Å². The van der Waals surface area contributed by atoms with Gasteiger partial charge in [-0.25, -0.2) is 8.42 Å². The predicted molar refractivity (Wildman–Crippen MR) is 230 cm³/mol. The lowest BCUT2D eigenvalue weighted by Crippen LogP contribution is -2.45. The first-order valence-corrected chi connectivity index (χ1v) is 21.5. The Morgan fingerprint density at radius 1 is 0.678 bits per heavy atom. The van der Waals surface area contributed by atoms with Crippen molar-refractivity contribution in [3.63, 3.8) is 0 Å². The molecule has 1 amide bonds. The van der Waals surface area contributed by atoms with E-state index in [4.69, 9.17) is 9.47 Å². The molecule has 0 saturated carbocycles. The topological polar surface area (TPSA) is 117 Å². The van der Waals surface area contributed by atoms with Crippen molar-refractivity contribution in [2.75, 3.05) is 11.9 Å². The zero-order chi connectivity index (χ0) is 41.2. The fourth-order valence-electron chi connectivity index (χ4n) is 7.41. The smallest absolute Gasteiger partial charge is 0.242 e. The molecule has 0 aliphatic carbocycles. The monoisotopic (exact) mass is 809 g/mol. The number of rotatable bonds is 16. The number of nitrogens with zero attached hydrogens (tertiary/aromatic N) is 1. The second-order valence-electron chi connectivity index (χ2n) is 15.3. The lowest BCUT2D eigenvalue weighted by Gasteiger charge is -2.43. The third-order valence-electron chi connectivity index (χ3n) is 10.7. The summed E-state index contributed by atoms with van der Waals surface area (Å²) in [7, 11) is -4.00. The Kier molecular flexibility index (Phi) is 13.8. The SMILES string of the molecule is Cc1ccc(S(=O)(=O)N[C@H](Cc2ccccc2)C(=O)Nc2ccc([C@@H]3O[C@H](CN(Cc4ccccc4)Cc4ccccc4)[C@H](C)[C@H](c4ccc(CO)cc4)O3)cc2)cc1. The first-order chi connectivity index (χ1) is 28.6.